The van der Waals surface area contributed by atoms with Crippen molar-refractivity contribution in [2.45, 2.75) is 51.1 Å². The molecule has 5 rings (SSSR count). The van der Waals surface area contributed by atoms with Crippen molar-refractivity contribution < 1.29 is 9.47 Å². The van der Waals surface area contributed by atoms with Gasteiger partial charge in [-0.25, -0.2) is 4.98 Å². The number of hydrogen-bond acceptors (Lipinski definition) is 4. The topological polar surface area (TPSA) is 39.5 Å². The van der Waals surface area contributed by atoms with Crippen LogP contribution in [0.5, 0.6) is 5.75 Å². The van der Waals surface area contributed by atoms with Crippen molar-refractivity contribution in [3.63, 3.8) is 0 Å². The summed E-state index contributed by atoms with van der Waals surface area (Å²) in [7, 11) is 1.75. The predicted molar refractivity (Wildman–Crippen MR) is 133 cm³/mol. The average molecular weight is 468 g/mol. The Morgan fingerprint density at radius 2 is 1.85 bits per heavy atom. The summed E-state index contributed by atoms with van der Waals surface area (Å²) in [5.41, 5.74) is 3.53. The first-order chi connectivity index (χ1) is 16.2. The molecule has 3 aromatic rings. The number of hydrogen-bond donors (Lipinski definition) is 0. The van der Waals surface area contributed by atoms with Crippen molar-refractivity contribution in [2.75, 3.05) is 33.4 Å². The fraction of sp³-hybridized carbons (Fsp3) is 0.519. The second kappa shape index (κ2) is 10.5. The van der Waals surface area contributed by atoms with Crippen molar-refractivity contribution in [1.82, 2.24) is 14.5 Å². The van der Waals surface area contributed by atoms with E-state index in [0.29, 0.717) is 12.5 Å². The largest absolute Gasteiger partial charge is 0.493 e. The van der Waals surface area contributed by atoms with Crippen LogP contribution >= 0.6 is 11.6 Å². The Kier molecular flexibility index (Phi) is 7.19. The van der Waals surface area contributed by atoms with E-state index in [9.17, 15) is 0 Å². The number of rotatable bonds is 10. The van der Waals surface area contributed by atoms with Crippen molar-refractivity contribution in [2.24, 2.45) is 5.92 Å². The first-order valence-corrected chi connectivity index (χ1v) is 12.7. The summed E-state index contributed by atoms with van der Waals surface area (Å²) in [5.74, 6) is 3.53. The number of aromatic nitrogens is 2. The number of fused-ring (bicyclic) bond motifs is 1. The molecule has 1 aliphatic heterocycles. The molecule has 2 aliphatic rings. The molecular weight excluding hydrogens is 434 g/mol. The number of likely N-dealkylation sites (tertiary alicyclic amines) is 1. The number of halogens is 1. The summed E-state index contributed by atoms with van der Waals surface area (Å²) in [4.78, 5) is 7.47. The van der Waals surface area contributed by atoms with E-state index in [1.54, 1.807) is 7.11 Å². The minimum absolute atomic E-state index is 0.489. The molecule has 2 aromatic carbocycles. The van der Waals surface area contributed by atoms with E-state index in [1.165, 1.54) is 30.3 Å². The van der Waals surface area contributed by atoms with Crippen LogP contribution in [0.25, 0.3) is 11.0 Å². The molecular formula is C27H34ClN3O2. The molecule has 2 heterocycles. The van der Waals surface area contributed by atoms with Gasteiger partial charge in [0.2, 0.25) is 0 Å². The van der Waals surface area contributed by atoms with Crippen LogP contribution < -0.4 is 4.74 Å². The van der Waals surface area contributed by atoms with Gasteiger partial charge in [0.15, 0.2) is 0 Å². The Hall–Kier alpha value is -2.08. The third-order valence-corrected chi connectivity index (χ3v) is 7.33. The minimum atomic E-state index is 0.489. The van der Waals surface area contributed by atoms with Gasteiger partial charge in [-0.3, -0.25) is 4.90 Å². The number of nitrogens with zero attached hydrogens (tertiary/aromatic N) is 3. The minimum Gasteiger partial charge on any atom is -0.493 e. The first-order valence-electron chi connectivity index (χ1n) is 12.3. The van der Waals surface area contributed by atoms with Crippen LogP contribution in [0.2, 0.25) is 5.02 Å². The van der Waals surface area contributed by atoms with Gasteiger partial charge in [-0.15, -0.1) is 0 Å². The fourth-order valence-electron chi connectivity index (χ4n) is 4.99. The molecule has 0 radical (unpaired) electrons. The van der Waals surface area contributed by atoms with Gasteiger partial charge in [0.25, 0.3) is 0 Å². The van der Waals surface area contributed by atoms with Gasteiger partial charge >= 0.3 is 0 Å². The van der Waals surface area contributed by atoms with E-state index >= 15 is 0 Å². The first kappa shape index (κ1) is 22.7. The van der Waals surface area contributed by atoms with E-state index in [4.69, 9.17) is 26.1 Å². The molecule has 0 spiro atoms. The smallest absolute Gasteiger partial charge is 0.124 e. The van der Waals surface area contributed by atoms with Crippen molar-refractivity contribution in [3.8, 4) is 5.75 Å². The van der Waals surface area contributed by atoms with Crippen LogP contribution in [0.3, 0.4) is 0 Å². The lowest BCUT2D eigenvalue weighted by molar-refractivity contribution is 0.178. The molecule has 6 heteroatoms. The second-order valence-electron chi connectivity index (χ2n) is 9.47. The lowest BCUT2D eigenvalue weighted by atomic mass is 9.88. The third kappa shape index (κ3) is 5.53. The van der Waals surface area contributed by atoms with Crippen LogP contribution in [0.1, 0.15) is 49.4 Å². The number of methoxy groups -OCH3 is 1. The summed E-state index contributed by atoms with van der Waals surface area (Å²) in [6.45, 7) is 5.29. The summed E-state index contributed by atoms with van der Waals surface area (Å²) < 4.78 is 13.9. The molecule has 33 heavy (non-hydrogen) atoms. The molecule has 5 nitrogen and oxygen atoms in total. The quantitative estimate of drug-likeness (QED) is 0.372. The fourth-order valence-corrected chi connectivity index (χ4v) is 5.17. The highest BCUT2D eigenvalue weighted by atomic mass is 35.5. The Labute approximate surface area is 201 Å². The second-order valence-corrected chi connectivity index (χ2v) is 9.91. The molecule has 0 bridgehead atoms. The van der Waals surface area contributed by atoms with E-state index < -0.39 is 0 Å². The number of para-hydroxylation sites is 2. The highest BCUT2D eigenvalue weighted by Crippen LogP contribution is 2.37. The molecule has 1 saturated carbocycles. The molecule has 2 fully saturated rings. The van der Waals surface area contributed by atoms with E-state index in [0.717, 1.165) is 73.7 Å². The Balaban J connectivity index is 1.24. The van der Waals surface area contributed by atoms with Crippen LogP contribution in [0.15, 0.2) is 42.5 Å². The van der Waals surface area contributed by atoms with Gasteiger partial charge in [0.05, 0.1) is 30.8 Å². The van der Waals surface area contributed by atoms with E-state index in [2.05, 4.69) is 45.9 Å². The number of piperidine rings is 1. The highest BCUT2D eigenvalue weighted by molar-refractivity contribution is 6.30. The molecule has 1 aromatic heterocycles. The summed E-state index contributed by atoms with van der Waals surface area (Å²) in [5, 5.41) is 0.800. The van der Waals surface area contributed by atoms with Crippen molar-refractivity contribution in [3.05, 3.63) is 58.9 Å². The zero-order valence-electron chi connectivity index (χ0n) is 19.5. The van der Waals surface area contributed by atoms with Gasteiger partial charge in [-0.2, -0.15) is 0 Å². The van der Waals surface area contributed by atoms with Gasteiger partial charge in [0, 0.05) is 18.7 Å². The molecule has 0 amide bonds. The number of benzene rings is 2. The van der Waals surface area contributed by atoms with Crippen molar-refractivity contribution in [1.29, 1.82) is 0 Å². The summed E-state index contributed by atoms with van der Waals surface area (Å²) in [6, 6.07) is 14.5. The Bertz CT molecular complexity index is 1070. The third-order valence-electron chi connectivity index (χ3n) is 7.10. The van der Waals surface area contributed by atoms with Gasteiger partial charge < -0.3 is 14.0 Å². The normalized spacial score (nSPS) is 17.6. The molecule has 1 aliphatic carbocycles. The molecule has 0 N–H and O–H groups in total. The Morgan fingerprint density at radius 1 is 1.03 bits per heavy atom. The average Bonchev–Trinajstić information content (AvgIpc) is 3.60. The number of ether oxygens (including phenoxy) is 2. The maximum Gasteiger partial charge on any atom is 0.124 e. The Morgan fingerprint density at radius 3 is 2.64 bits per heavy atom. The zero-order valence-corrected chi connectivity index (χ0v) is 20.3. The number of imidazole rings is 1. The lowest BCUT2D eigenvalue weighted by Gasteiger charge is -2.32. The van der Waals surface area contributed by atoms with Gasteiger partial charge in [-0.1, -0.05) is 36.6 Å². The van der Waals surface area contributed by atoms with Gasteiger partial charge in [-0.05, 0) is 80.1 Å². The van der Waals surface area contributed by atoms with Crippen LogP contribution in [-0.2, 0) is 17.8 Å². The highest BCUT2D eigenvalue weighted by Gasteiger charge is 2.26. The molecule has 176 valence electrons. The van der Waals surface area contributed by atoms with Crippen LogP contribution in [0.4, 0.5) is 0 Å². The molecule has 1 saturated heterocycles. The van der Waals surface area contributed by atoms with Crippen LogP contribution in [-0.4, -0.2) is 47.9 Å². The monoisotopic (exact) mass is 467 g/mol. The van der Waals surface area contributed by atoms with E-state index in [1.807, 2.05) is 6.07 Å². The SMILES string of the molecule is COCCn1c(CN2CCC(c3cc(Cl)ccc3OCCC3CC3)CC2)nc2ccccc21. The standard InChI is InChI=1S/C27H34ClN3O2/c1-32-17-15-31-25-5-3-2-4-24(25)29-27(31)19-30-13-10-21(11-14-30)23-18-22(28)8-9-26(23)33-16-12-20-6-7-20/h2-5,8-9,18,20-21H,6-7,10-17,19H2,1H3. The summed E-state index contributed by atoms with van der Waals surface area (Å²) >= 11 is 6.38. The predicted octanol–water partition coefficient (Wildman–Crippen LogP) is 5.89. The zero-order chi connectivity index (χ0) is 22.6. The maximum absolute atomic E-state index is 6.38. The lowest BCUT2D eigenvalue weighted by Crippen LogP contribution is -2.33. The molecule has 0 atom stereocenters. The van der Waals surface area contributed by atoms with Crippen LogP contribution in [0, 0.1) is 5.92 Å². The van der Waals surface area contributed by atoms with E-state index in [-0.39, 0.29) is 0 Å². The molecule has 0 unspecified atom stereocenters. The summed E-state index contributed by atoms with van der Waals surface area (Å²) in [6.07, 6.45) is 6.13. The van der Waals surface area contributed by atoms with Gasteiger partial charge in [0.1, 0.15) is 11.6 Å². The van der Waals surface area contributed by atoms with Crippen molar-refractivity contribution >= 4 is 22.6 Å². The maximum atomic E-state index is 6.38.